The van der Waals surface area contributed by atoms with E-state index in [0.717, 1.165) is 17.0 Å². The second-order valence-corrected chi connectivity index (χ2v) is 4.47. The summed E-state index contributed by atoms with van der Waals surface area (Å²) in [5.41, 5.74) is 1.76. The molecule has 1 aliphatic heterocycles. The smallest absolute Gasteiger partial charge is 0.226 e. The molecule has 0 saturated carbocycles. The fourth-order valence-electron chi connectivity index (χ4n) is 2.17. The molecular formula is C16H17IN2O3. The summed E-state index contributed by atoms with van der Waals surface area (Å²) >= 11 is 0. The zero-order valence-corrected chi connectivity index (χ0v) is 14.7. The van der Waals surface area contributed by atoms with Gasteiger partial charge >= 0.3 is 0 Å². The van der Waals surface area contributed by atoms with E-state index in [2.05, 4.69) is 10.3 Å². The molecular weight excluding hydrogens is 395 g/mol. The summed E-state index contributed by atoms with van der Waals surface area (Å²) in [6.07, 6.45) is 0. The van der Waals surface area contributed by atoms with Crippen molar-refractivity contribution in [1.29, 1.82) is 0 Å². The maximum absolute atomic E-state index is 5.87. The lowest BCUT2D eigenvalue weighted by molar-refractivity contribution is 0.355. The quantitative estimate of drug-likeness (QED) is 0.784. The number of nitrogens with zero attached hydrogens (tertiary/aromatic N) is 1. The molecule has 0 aliphatic carbocycles. The standard InChI is InChI=1S/C16H16N2O3.HI/c1-19-14-8-12-13(9-15(14)20-2)17-10-18-16(12)21-11-6-4-3-5-7-11;/h3-9,17H,10H2,1-2H3;1H. The number of hydrogen-bond acceptors (Lipinski definition) is 5. The predicted molar refractivity (Wildman–Crippen MR) is 97.1 cm³/mol. The second-order valence-electron chi connectivity index (χ2n) is 4.47. The van der Waals surface area contributed by atoms with Gasteiger partial charge in [0.2, 0.25) is 5.90 Å². The van der Waals surface area contributed by atoms with Gasteiger partial charge in [-0.05, 0) is 18.2 Å². The summed E-state index contributed by atoms with van der Waals surface area (Å²) < 4.78 is 16.5. The Balaban J connectivity index is 0.00000176. The number of benzene rings is 2. The first-order valence-corrected chi connectivity index (χ1v) is 6.59. The van der Waals surface area contributed by atoms with E-state index >= 15 is 0 Å². The van der Waals surface area contributed by atoms with Crippen LogP contribution in [0, 0.1) is 0 Å². The molecule has 0 saturated heterocycles. The minimum atomic E-state index is 0. The van der Waals surface area contributed by atoms with Crippen LogP contribution in [-0.4, -0.2) is 26.8 Å². The summed E-state index contributed by atoms with van der Waals surface area (Å²) in [4.78, 5) is 4.38. The lowest BCUT2D eigenvalue weighted by atomic mass is 10.1. The number of anilines is 1. The number of methoxy groups -OCH3 is 2. The van der Waals surface area contributed by atoms with Gasteiger partial charge in [-0.3, -0.25) is 0 Å². The maximum atomic E-state index is 5.87. The molecule has 0 fully saturated rings. The van der Waals surface area contributed by atoms with Crippen molar-refractivity contribution >= 4 is 35.6 Å². The Morgan fingerprint density at radius 2 is 1.68 bits per heavy atom. The van der Waals surface area contributed by atoms with Crippen LogP contribution in [0.4, 0.5) is 5.69 Å². The second kappa shape index (κ2) is 7.35. The third-order valence-corrected chi connectivity index (χ3v) is 3.20. The van der Waals surface area contributed by atoms with Gasteiger partial charge in [0, 0.05) is 6.07 Å². The molecule has 0 spiro atoms. The van der Waals surface area contributed by atoms with Crippen molar-refractivity contribution in [1.82, 2.24) is 0 Å². The van der Waals surface area contributed by atoms with Crippen molar-refractivity contribution in [3.8, 4) is 17.2 Å². The summed E-state index contributed by atoms with van der Waals surface area (Å²) in [6.45, 7) is 0.463. The monoisotopic (exact) mass is 412 g/mol. The van der Waals surface area contributed by atoms with E-state index in [0.29, 0.717) is 24.1 Å². The Labute approximate surface area is 146 Å². The van der Waals surface area contributed by atoms with Crippen molar-refractivity contribution in [2.24, 2.45) is 4.99 Å². The molecule has 1 N–H and O–H groups in total. The van der Waals surface area contributed by atoms with Gasteiger partial charge < -0.3 is 19.5 Å². The number of ether oxygens (including phenoxy) is 3. The number of halogens is 1. The minimum absolute atomic E-state index is 0. The summed E-state index contributed by atoms with van der Waals surface area (Å²) in [5, 5.41) is 3.20. The van der Waals surface area contributed by atoms with Crippen molar-refractivity contribution in [2.45, 2.75) is 0 Å². The molecule has 1 heterocycles. The van der Waals surface area contributed by atoms with Crippen molar-refractivity contribution in [3.63, 3.8) is 0 Å². The summed E-state index contributed by atoms with van der Waals surface area (Å²) in [7, 11) is 3.22. The molecule has 0 radical (unpaired) electrons. The molecule has 5 nitrogen and oxygen atoms in total. The molecule has 0 atom stereocenters. The maximum Gasteiger partial charge on any atom is 0.226 e. The fourth-order valence-corrected chi connectivity index (χ4v) is 2.17. The predicted octanol–water partition coefficient (Wildman–Crippen LogP) is 3.53. The molecule has 0 bridgehead atoms. The van der Waals surface area contributed by atoms with Crippen LogP contribution in [-0.2, 0) is 0 Å². The minimum Gasteiger partial charge on any atom is -0.493 e. The SMILES string of the molecule is COc1cc2c(cc1OC)C(Oc1ccccc1)=NCN2.I. The average Bonchev–Trinajstić information content (AvgIpc) is 2.55. The van der Waals surface area contributed by atoms with Gasteiger partial charge in [0.1, 0.15) is 12.4 Å². The Morgan fingerprint density at radius 3 is 2.36 bits per heavy atom. The van der Waals surface area contributed by atoms with E-state index in [1.54, 1.807) is 14.2 Å². The number of nitrogens with one attached hydrogen (secondary N) is 1. The zero-order chi connectivity index (χ0) is 14.7. The van der Waals surface area contributed by atoms with Crippen LogP contribution in [0.25, 0.3) is 0 Å². The molecule has 116 valence electrons. The molecule has 6 heteroatoms. The van der Waals surface area contributed by atoms with Crippen molar-refractivity contribution in [2.75, 3.05) is 26.2 Å². The van der Waals surface area contributed by atoms with Gasteiger partial charge in [-0.1, -0.05) is 18.2 Å². The first-order chi connectivity index (χ1) is 10.3. The Morgan fingerprint density at radius 1 is 1.00 bits per heavy atom. The van der Waals surface area contributed by atoms with E-state index in [-0.39, 0.29) is 24.0 Å². The lowest BCUT2D eigenvalue weighted by Crippen LogP contribution is -2.20. The van der Waals surface area contributed by atoms with Crippen LogP contribution in [0.15, 0.2) is 47.5 Å². The molecule has 2 aromatic carbocycles. The topological polar surface area (TPSA) is 52.1 Å². The number of rotatable bonds is 3. The summed E-state index contributed by atoms with van der Waals surface area (Å²) in [5.74, 6) is 2.63. The van der Waals surface area contributed by atoms with Gasteiger partial charge in [0.05, 0.1) is 25.5 Å². The third kappa shape index (κ3) is 3.27. The molecule has 1 aliphatic rings. The Kier molecular flexibility index (Phi) is 5.48. The van der Waals surface area contributed by atoms with Gasteiger partial charge in [0.25, 0.3) is 0 Å². The highest BCUT2D eigenvalue weighted by Crippen LogP contribution is 2.35. The summed E-state index contributed by atoms with van der Waals surface area (Å²) in [6, 6.07) is 13.3. The van der Waals surface area contributed by atoms with Crippen LogP contribution in [0.1, 0.15) is 5.56 Å². The molecule has 0 amide bonds. The van der Waals surface area contributed by atoms with Crippen LogP contribution in [0.5, 0.6) is 17.2 Å². The van der Waals surface area contributed by atoms with Gasteiger partial charge in [-0.2, -0.15) is 0 Å². The van der Waals surface area contributed by atoms with Gasteiger partial charge in [0.15, 0.2) is 11.5 Å². The van der Waals surface area contributed by atoms with Gasteiger partial charge in [-0.15, -0.1) is 24.0 Å². The number of fused-ring (bicyclic) bond motifs is 1. The number of para-hydroxylation sites is 1. The zero-order valence-electron chi connectivity index (χ0n) is 12.3. The number of hydrogen-bond donors (Lipinski definition) is 1. The van der Waals surface area contributed by atoms with E-state index < -0.39 is 0 Å². The molecule has 22 heavy (non-hydrogen) atoms. The fraction of sp³-hybridized carbons (Fsp3) is 0.188. The third-order valence-electron chi connectivity index (χ3n) is 3.20. The first-order valence-electron chi connectivity index (χ1n) is 6.59. The lowest BCUT2D eigenvalue weighted by Gasteiger charge is -2.20. The van der Waals surface area contributed by atoms with Crippen molar-refractivity contribution < 1.29 is 14.2 Å². The molecule has 0 unspecified atom stereocenters. The van der Waals surface area contributed by atoms with Crippen LogP contribution in [0.3, 0.4) is 0 Å². The molecule has 2 aromatic rings. The Hall–Kier alpha value is -1.96. The first kappa shape index (κ1) is 16.4. The van der Waals surface area contributed by atoms with E-state index in [1.807, 2.05) is 42.5 Å². The Bertz CT molecular complexity index is 675. The highest BCUT2D eigenvalue weighted by molar-refractivity contribution is 14.0. The van der Waals surface area contributed by atoms with Crippen molar-refractivity contribution in [3.05, 3.63) is 48.0 Å². The normalized spacial score (nSPS) is 12.2. The van der Waals surface area contributed by atoms with E-state index in [1.165, 1.54) is 0 Å². The molecule has 0 aromatic heterocycles. The largest absolute Gasteiger partial charge is 0.493 e. The number of aliphatic imine (C=N–C) groups is 1. The molecule has 3 rings (SSSR count). The van der Waals surface area contributed by atoms with E-state index in [4.69, 9.17) is 14.2 Å². The highest BCUT2D eigenvalue weighted by Gasteiger charge is 2.19. The van der Waals surface area contributed by atoms with E-state index in [9.17, 15) is 0 Å². The van der Waals surface area contributed by atoms with Crippen LogP contribution in [0.2, 0.25) is 0 Å². The average molecular weight is 412 g/mol. The van der Waals surface area contributed by atoms with Crippen LogP contribution < -0.4 is 19.5 Å². The highest BCUT2D eigenvalue weighted by atomic mass is 127. The van der Waals surface area contributed by atoms with Gasteiger partial charge in [-0.25, -0.2) is 4.99 Å². The van der Waals surface area contributed by atoms with Crippen LogP contribution >= 0.6 is 24.0 Å².